The number of anilines is 1. The van der Waals surface area contributed by atoms with Crippen molar-refractivity contribution in [3.05, 3.63) is 60.2 Å². The highest BCUT2D eigenvalue weighted by Gasteiger charge is 2.54. The second kappa shape index (κ2) is 11.7. The van der Waals surface area contributed by atoms with Crippen LogP contribution in [0.5, 0.6) is 0 Å². The van der Waals surface area contributed by atoms with Gasteiger partial charge in [0, 0.05) is 44.0 Å². The molecule has 3 atom stereocenters. The quantitative estimate of drug-likeness (QED) is 0.496. The molecule has 0 aliphatic carbocycles. The number of carbonyl (C=O) groups excluding carboxylic acids is 3. The van der Waals surface area contributed by atoms with Crippen molar-refractivity contribution in [3.63, 3.8) is 0 Å². The third kappa shape index (κ3) is 5.63. The molecule has 2 aromatic carbocycles. The number of ketones is 1. The molecule has 2 N–H and O–H groups in total. The van der Waals surface area contributed by atoms with Crippen LogP contribution in [0.15, 0.2) is 59.5 Å². The molecule has 11 heteroatoms. The molecule has 0 radical (unpaired) electrons. The number of hydrogen-bond acceptors (Lipinski definition) is 7. The highest BCUT2D eigenvalue weighted by molar-refractivity contribution is 7.89. The first-order valence-electron chi connectivity index (χ1n) is 13.9. The van der Waals surface area contributed by atoms with Crippen molar-refractivity contribution in [1.29, 1.82) is 0 Å². The van der Waals surface area contributed by atoms with Gasteiger partial charge < -0.3 is 20.4 Å². The first kappa shape index (κ1) is 28.3. The summed E-state index contributed by atoms with van der Waals surface area (Å²) in [5.74, 6) is -0.891. The number of hydrogen-bond donors (Lipinski definition) is 2. The van der Waals surface area contributed by atoms with Crippen LogP contribution >= 0.6 is 0 Å². The number of amides is 2. The number of Topliss-reactive ketones (excluding diaryl/α,β-unsaturated/α-hetero) is 1. The Morgan fingerprint density at radius 2 is 1.68 bits per heavy atom. The van der Waals surface area contributed by atoms with Crippen LogP contribution in [0.3, 0.4) is 0 Å². The Morgan fingerprint density at radius 3 is 2.33 bits per heavy atom. The van der Waals surface area contributed by atoms with Crippen LogP contribution in [0.1, 0.15) is 37.0 Å². The topological polar surface area (TPSA) is 119 Å². The fourth-order valence-electron chi connectivity index (χ4n) is 5.95. The number of piperazine rings is 1. The molecular weight excluding hydrogens is 530 g/mol. The highest BCUT2D eigenvalue weighted by Crippen LogP contribution is 2.34. The summed E-state index contributed by atoms with van der Waals surface area (Å²) in [6, 6.07) is 13.1. The normalized spacial score (nSPS) is 22.4. The van der Waals surface area contributed by atoms with Crippen LogP contribution in [-0.4, -0.2) is 92.6 Å². The molecule has 3 saturated heterocycles. The molecule has 5 rings (SSSR count). The fraction of sp³-hybridized carbons (Fsp3) is 0.483. The van der Waals surface area contributed by atoms with Gasteiger partial charge in [-0.1, -0.05) is 32.0 Å². The third-order valence-corrected chi connectivity index (χ3v) is 9.82. The van der Waals surface area contributed by atoms with Gasteiger partial charge in [0.05, 0.1) is 17.5 Å². The first-order chi connectivity index (χ1) is 19.2. The Labute approximate surface area is 235 Å². The van der Waals surface area contributed by atoms with E-state index < -0.39 is 28.1 Å². The van der Waals surface area contributed by atoms with E-state index in [1.54, 1.807) is 30.3 Å². The van der Waals surface area contributed by atoms with E-state index in [1.807, 2.05) is 26.0 Å². The summed E-state index contributed by atoms with van der Waals surface area (Å²) in [6.07, 6.45) is 0.765. The number of likely N-dealkylation sites (tertiary alicyclic amines) is 1. The van der Waals surface area contributed by atoms with E-state index in [-0.39, 0.29) is 41.5 Å². The van der Waals surface area contributed by atoms with E-state index in [0.29, 0.717) is 18.4 Å². The highest BCUT2D eigenvalue weighted by atomic mass is 32.2. The van der Waals surface area contributed by atoms with E-state index in [4.69, 9.17) is 0 Å². The molecule has 3 fully saturated rings. The predicted molar refractivity (Wildman–Crippen MR) is 151 cm³/mol. The Hall–Kier alpha value is -3.28. The maximum Gasteiger partial charge on any atom is 0.251 e. The van der Waals surface area contributed by atoms with E-state index in [9.17, 15) is 22.8 Å². The molecule has 40 heavy (non-hydrogen) atoms. The monoisotopic (exact) mass is 567 g/mol. The molecule has 0 bridgehead atoms. The van der Waals surface area contributed by atoms with Gasteiger partial charge in [0.1, 0.15) is 12.1 Å². The molecule has 0 spiro atoms. The van der Waals surface area contributed by atoms with Crippen molar-refractivity contribution >= 4 is 33.3 Å². The largest absolute Gasteiger partial charge is 0.369 e. The summed E-state index contributed by atoms with van der Waals surface area (Å²) in [5.41, 5.74) is 1.50. The average molecular weight is 568 g/mol. The SMILES string of the molecule is CC(C)CC(NC(=O)c1ccc(N2CCNCC2)cc1)C(=O)N1CCC2C1C(=O)CN2S(=O)(=O)c1ccccc1. The zero-order chi connectivity index (χ0) is 28.4. The van der Waals surface area contributed by atoms with E-state index >= 15 is 0 Å². The predicted octanol–water partition coefficient (Wildman–Crippen LogP) is 1.48. The molecule has 3 heterocycles. The minimum Gasteiger partial charge on any atom is -0.369 e. The van der Waals surface area contributed by atoms with E-state index in [2.05, 4.69) is 15.5 Å². The Kier molecular flexibility index (Phi) is 8.25. The van der Waals surface area contributed by atoms with E-state index in [0.717, 1.165) is 31.9 Å². The smallest absolute Gasteiger partial charge is 0.251 e. The molecule has 2 amide bonds. The standard InChI is InChI=1S/C29H37N5O5S/c1-20(2)18-24(31-28(36)21-8-10-22(11-9-21)32-16-13-30-14-17-32)29(37)33-15-12-25-27(33)26(35)19-34(25)40(38,39)23-6-4-3-5-7-23/h3-11,20,24-25,27,30H,12-19H2,1-2H3,(H,31,36). The summed E-state index contributed by atoms with van der Waals surface area (Å²) < 4.78 is 27.9. The van der Waals surface area contributed by atoms with Gasteiger partial charge in [-0.05, 0) is 55.2 Å². The Bertz CT molecular complexity index is 1340. The van der Waals surface area contributed by atoms with Crippen LogP contribution in [0.25, 0.3) is 0 Å². The second-order valence-electron chi connectivity index (χ2n) is 11.1. The number of benzene rings is 2. The summed E-state index contributed by atoms with van der Waals surface area (Å²) >= 11 is 0. The van der Waals surface area contributed by atoms with Crippen molar-refractivity contribution in [2.24, 2.45) is 5.92 Å². The van der Waals surface area contributed by atoms with Crippen molar-refractivity contribution in [2.75, 3.05) is 44.2 Å². The summed E-state index contributed by atoms with van der Waals surface area (Å²) in [4.78, 5) is 44.0. The summed E-state index contributed by atoms with van der Waals surface area (Å²) in [5, 5.41) is 6.23. The van der Waals surface area contributed by atoms with Crippen LogP contribution in [0, 0.1) is 5.92 Å². The maximum absolute atomic E-state index is 13.8. The lowest BCUT2D eigenvalue weighted by Crippen LogP contribution is -2.53. The lowest BCUT2D eigenvalue weighted by Gasteiger charge is -2.30. The summed E-state index contributed by atoms with van der Waals surface area (Å²) in [6.45, 7) is 7.55. The Morgan fingerprint density at radius 1 is 1.00 bits per heavy atom. The minimum atomic E-state index is -3.88. The first-order valence-corrected chi connectivity index (χ1v) is 15.4. The molecule has 3 unspecified atom stereocenters. The molecule has 214 valence electrons. The lowest BCUT2D eigenvalue weighted by atomic mass is 10.0. The van der Waals surface area contributed by atoms with E-state index in [1.165, 1.54) is 21.3 Å². The molecule has 0 saturated carbocycles. The van der Waals surface area contributed by atoms with Gasteiger partial charge in [-0.2, -0.15) is 4.31 Å². The number of nitrogens with one attached hydrogen (secondary N) is 2. The van der Waals surface area contributed by atoms with Crippen LogP contribution in [0.2, 0.25) is 0 Å². The van der Waals surface area contributed by atoms with Gasteiger partial charge in [-0.15, -0.1) is 0 Å². The van der Waals surface area contributed by atoms with Crippen LogP contribution in [-0.2, 0) is 19.6 Å². The second-order valence-corrected chi connectivity index (χ2v) is 13.0. The van der Waals surface area contributed by atoms with Gasteiger partial charge in [-0.25, -0.2) is 8.42 Å². The average Bonchev–Trinajstić information content (AvgIpc) is 3.54. The number of nitrogens with zero attached hydrogens (tertiary/aromatic N) is 3. The van der Waals surface area contributed by atoms with Gasteiger partial charge in [0.2, 0.25) is 15.9 Å². The number of carbonyl (C=O) groups is 3. The molecule has 3 aliphatic rings. The van der Waals surface area contributed by atoms with Crippen molar-refractivity contribution in [3.8, 4) is 0 Å². The molecule has 3 aliphatic heterocycles. The minimum absolute atomic E-state index is 0.108. The number of fused-ring (bicyclic) bond motifs is 1. The maximum atomic E-state index is 13.8. The van der Waals surface area contributed by atoms with Gasteiger partial charge in [-0.3, -0.25) is 14.4 Å². The van der Waals surface area contributed by atoms with Crippen LogP contribution in [0.4, 0.5) is 5.69 Å². The zero-order valence-electron chi connectivity index (χ0n) is 23.0. The summed E-state index contributed by atoms with van der Waals surface area (Å²) in [7, 11) is -3.88. The lowest BCUT2D eigenvalue weighted by molar-refractivity contribution is -0.138. The van der Waals surface area contributed by atoms with Crippen molar-refractivity contribution in [1.82, 2.24) is 19.8 Å². The zero-order valence-corrected chi connectivity index (χ0v) is 23.8. The molecule has 10 nitrogen and oxygen atoms in total. The van der Waals surface area contributed by atoms with Crippen LogP contribution < -0.4 is 15.5 Å². The fourth-order valence-corrected chi connectivity index (χ4v) is 7.60. The van der Waals surface area contributed by atoms with Gasteiger partial charge in [0.15, 0.2) is 5.78 Å². The number of rotatable bonds is 8. The van der Waals surface area contributed by atoms with Crippen molar-refractivity contribution < 1.29 is 22.8 Å². The molecular formula is C29H37N5O5S. The molecule has 2 aromatic rings. The molecule has 0 aromatic heterocycles. The van der Waals surface area contributed by atoms with Crippen molar-refractivity contribution in [2.45, 2.75) is 49.7 Å². The van der Waals surface area contributed by atoms with Gasteiger partial charge in [0.25, 0.3) is 5.91 Å². The van der Waals surface area contributed by atoms with Gasteiger partial charge >= 0.3 is 0 Å². The Balaban J connectivity index is 1.30. The number of sulfonamides is 1. The third-order valence-electron chi connectivity index (χ3n) is 7.93.